The lowest BCUT2D eigenvalue weighted by Crippen LogP contribution is -2.34. The molecule has 4 nitrogen and oxygen atoms in total. The van der Waals surface area contributed by atoms with E-state index in [9.17, 15) is 0 Å². The van der Waals surface area contributed by atoms with Crippen molar-refractivity contribution in [1.82, 2.24) is 20.4 Å². The lowest BCUT2D eigenvalue weighted by molar-refractivity contribution is 0.861. The van der Waals surface area contributed by atoms with Gasteiger partial charge >= 0.3 is 0 Å². The molecule has 1 aromatic heterocycles. The Balaban J connectivity index is 1.89. The summed E-state index contributed by atoms with van der Waals surface area (Å²) in [5.41, 5.74) is 2.21. The second-order valence-corrected chi connectivity index (χ2v) is 4.38. The summed E-state index contributed by atoms with van der Waals surface area (Å²) >= 11 is 5.13. The van der Waals surface area contributed by atoms with Crippen molar-refractivity contribution in [3.8, 4) is 5.69 Å². The summed E-state index contributed by atoms with van der Waals surface area (Å²) < 4.78 is 1.83. The van der Waals surface area contributed by atoms with E-state index in [0.717, 1.165) is 5.69 Å². The zero-order valence-corrected chi connectivity index (χ0v) is 11.4. The molecule has 0 atom stereocenters. The number of nitrogens with zero attached hydrogens (tertiary/aromatic N) is 2. The Morgan fingerprint density at radius 1 is 1.32 bits per heavy atom. The first-order valence-corrected chi connectivity index (χ1v) is 6.42. The van der Waals surface area contributed by atoms with Gasteiger partial charge in [-0.2, -0.15) is 5.10 Å². The molecule has 0 saturated carbocycles. The highest BCUT2D eigenvalue weighted by Crippen LogP contribution is 2.08. The second-order valence-electron chi connectivity index (χ2n) is 3.97. The molecular formula is C14H16N4S. The maximum absolute atomic E-state index is 5.13. The van der Waals surface area contributed by atoms with Crippen LogP contribution in [-0.2, 0) is 6.54 Å². The fraction of sp³-hybridized carbons (Fsp3) is 0.143. The van der Waals surface area contributed by atoms with Crippen LogP contribution in [0.5, 0.6) is 0 Å². The quantitative estimate of drug-likeness (QED) is 0.645. The Hall–Kier alpha value is -2.14. The first-order chi connectivity index (χ1) is 9.29. The van der Waals surface area contributed by atoms with Crippen LogP contribution in [0.25, 0.3) is 5.69 Å². The van der Waals surface area contributed by atoms with Gasteiger partial charge in [0.15, 0.2) is 5.11 Å². The summed E-state index contributed by atoms with van der Waals surface area (Å²) in [6.07, 6.45) is 5.45. The molecule has 0 unspecified atom stereocenters. The number of hydrogen-bond donors (Lipinski definition) is 2. The molecular weight excluding hydrogens is 256 g/mol. The molecule has 0 aliphatic carbocycles. The summed E-state index contributed by atoms with van der Waals surface area (Å²) in [4.78, 5) is 0. The molecule has 0 amide bonds. The van der Waals surface area contributed by atoms with Crippen LogP contribution in [0.3, 0.4) is 0 Å². The van der Waals surface area contributed by atoms with E-state index in [2.05, 4.69) is 34.4 Å². The van der Waals surface area contributed by atoms with Gasteiger partial charge < -0.3 is 10.6 Å². The van der Waals surface area contributed by atoms with Crippen molar-refractivity contribution >= 4 is 17.3 Å². The zero-order valence-electron chi connectivity index (χ0n) is 10.5. The van der Waals surface area contributed by atoms with Crippen LogP contribution in [0.2, 0.25) is 0 Å². The Labute approximate surface area is 118 Å². The third kappa shape index (κ3) is 3.93. The van der Waals surface area contributed by atoms with Crippen molar-refractivity contribution < 1.29 is 0 Å². The van der Waals surface area contributed by atoms with Crippen LogP contribution < -0.4 is 10.6 Å². The predicted molar refractivity (Wildman–Crippen MR) is 81.2 cm³/mol. The number of thiocarbonyl (C=S) groups is 1. The van der Waals surface area contributed by atoms with Crippen LogP contribution in [0.4, 0.5) is 0 Å². The van der Waals surface area contributed by atoms with Crippen molar-refractivity contribution in [1.29, 1.82) is 0 Å². The maximum atomic E-state index is 5.13. The van der Waals surface area contributed by atoms with Crippen molar-refractivity contribution in [2.75, 3.05) is 6.54 Å². The normalized spacial score (nSPS) is 9.89. The fourth-order valence-corrected chi connectivity index (χ4v) is 1.75. The molecule has 2 N–H and O–H groups in total. The van der Waals surface area contributed by atoms with Gasteiger partial charge in [0.25, 0.3) is 0 Å². The molecule has 2 aromatic rings. The molecule has 0 radical (unpaired) electrons. The van der Waals surface area contributed by atoms with Crippen LogP contribution in [0, 0.1) is 0 Å². The molecule has 0 fully saturated rings. The van der Waals surface area contributed by atoms with Crippen molar-refractivity contribution in [3.63, 3.8) is 0 Å². The Morgan fingerprint density at radius 3 is 2.74 bits per heavy atom. The van der Waals surface area contributed by atoms with Crippen LogP contribution in [0.15, 0.2) is 55.4 Å². The summed E-state index contributed by atoms with van der Waals surface area (Å²) in [6, 6.07) is 10.1. The van der Waals surface area contributed by atoms with E-state index in [1.165, 1.54) is 5.56 Å². The van der Waals surface area contributed by atoms with Gasteiger partial charge in [-0.3, -0.25) is 0 Å². The second kappa shape index (κ2) is 6.70. The summed E-state index contributed by atoms with van der Waals surface area (Å²) in [5, 5.41) is 11.0. The Bertz CT molecular complexity index is 531. The van der Waals surface area contributed by atoms with E-state index in [-0.39, 0.29) is 0 Å². The number of hydrogen-bond acceptors (Lipinski definition) is 2. The smallest absolute Gasteiger partial charge is 0.166 e. The van der Waals surface area contributed by atoms with Gasteiger partial charge in [-0.1, -0.05) is 18.2 Å². The number of rotatable bonds is 5. The molecule has 1 heterocycles. The Morgan fingerprint density at radius 2 is 2.11 bits per heavy atom. The monoisotopic (exact) mass is 272 g/mol. The van der Waals surface area contributed by atoms with Crippen LogP contribution >= 0.6 is 12.2 Å². The van der Waals surface area contributed by atoms with E-state index in [4.69, 9.17) is 12.2 Å². The molecule has 19 heavy (non-hydrogen) atoms. The van der Waals surface area contributed by atoms with Crippen LogP contribution in [0.1, 0.15) is 5.56 Å². The minimum atomic E-state index is 0.635. The number of aromatic nitrogens is 2. The molecule has 1 aromatic carbocycles. The minimum Gasteiger partial charge on any atom is -0.359 e. The molecule has 0 aliphatic rings. The minimum absolute atomic E-state index is 0.635. The predicted octanol–water partition coefficient (Wildman–Crippen LogP) is 2.02. The average Bonchev–Trinajstić information content (AvgIpc) is 2.97. The van der Waals surface area contributed by atoms with Gasteiger partial charge in [0.05, 0.1) is 5.69 Å². The SMILES string of the molecule is C=CCNC(=S)NCc1ccc(-n2cccn2)cc1. The fourth-order valence-electron chi connectivity index (χ4n) is 1.60. The van der Waals surface area contributed by atoms with Gasteiger partial charge in [0, 0.05) is 25.5 Å². The van der Waals surface area contributed by atoms with E-state index in [1.807, 2.05) is 29.1 Å². The molecule has 0 saturated heterocycles. The first kappa shape index (κ1) is 13.3. The van der Waals surface area contributed by atoms with Gasteiger partial charge in [0.1, 0.15) is 0 Å². The lowest BCUT2D eigenvalue weighted by Gasteiger charge is -2.09. The highest BCUT2D eigenvalue weighted by molar-refractivity contribution is 7.80. The third-order valence-electron chi connectivity index (χ3n) is 2.57. The number of nitrogens with one attached hydrogen (secondary N) is 2. The molecule has 0 spiro atoms. The molecule has 2 rings (SSSR count). The average molecular weight is 272 g/mol. The largest absolute Gasteiger partial charge is 0.359 e. The highest BCUT2D eigenvalue weighted by atomic mass is 32.1. The molecule has 0 bridgehead atoms. The Kier molecular flexibility index (Phi) is 4.69. The van der Waals surface area contributed by atoms with Crippen LogP contribution in [-0.4, -0.2) is 21.4 Å². The van der Waals surface area contributed by atoms with Gasteiger partial charge in [-0.05, 0) is 36.0 Å². The van der Waals surface area contributed by atoms with Gasteiger partial charge in [0.2, 0.25) is 0 Å². The first-order valence-electron chi connectivity index (χ1n) is 6.01. The number of benzene rings is 1. The van der Waals surface area contributed by atoms with Crippen molar-refractivity contribution in [2.24, 2.45) is 0 Å². The maximum Gasteiger partial charge on any atom is 0.166 e. The molecule has 5 heteroatoms. The summed E-state index contributed by atoms with van der Waals surface area (Å²) in [5.74, 6) is 0. The van der Waals surface area contributed by atoms with Crippen molar-refractivity contribution in [3.05, 3.63) is 60.9 Å². The van der Waals surface area contributed by atoms with E-state index < -0.39 is 0 Å². The highest BCUT2D eigenvalue weighted by Gasteiger charge is 1.98. The standard InChI is InChI=1S/C14H16N4S/c1-2-8-15-14(19)16-11-12-4-6-13(7-5-12)18-10-3-9-17-18/h2-7,9-10H,1,8,11H2,(H2,15,16,19). The topological polar surface area (TPSA) is 41.9 Å². The molecule has 98 valence electrons. The van der Waals surface area contributed by atoms with Gasteiger partial charge in [-0.15, -0.1) is 6.58 Å². The van der Waals surface area contributed by atoms with Crippen molar-refractivity contribution in [2.45, 2.75) is 6.54 Å². The van der Waals surface area contributed by atoms with Gasteiger partial charge in [-0.25, -0.2) is 4.68 Å². The zero-order chi connectivity index (χ0) is 13.5. The van der Waals surface area contributed by atoms with E-state index in [1.54, 1.807) is 12.3 Å². The summed E-state index contributed by atoms with van der Waals surface area (Å²) in [7, 11) is 0. The summed E-state index contributed by atoms with van der Waals surface area (Å²) in [6.45, 7) is 4.99. The van der Waals surface area contributed by atoms with E-state index >= 15 is 0 Å². The van der Waals surface area contributed by atoms with E-state index in [0.29, 0.717) is 18.2 Å². The molecule has 0 aliphatic heterocycles. The lowest BCUT2D eigenvalue weighted by atomic mass is 10.2. The third-order valence-corrected chi connectivity index (χ3v) is 2.85.